The van der Waals surface area contributed by atoms with Gasteiger partial charge < -0.3 is 15.0 Å². The lowest BCUT2D eigenvalue weighted by molar-refractivity contribution is -0.128. The molecule has 0 saturated carbocycles. The van der Waals surface area contributed by atoms with Crippen LogP contribution in [0.4, 0.5) is 0 Å². The van der Waals surface area contributed by atoms with Crippen molar-refractivity contribution in [1.29, 1.82) is 0 Å². The second kappa shape index (κ2) is 8.98. The molecule has 1 heterocycles. The van der Waals surface area contributed by atoms with Gasteiger partial charge in [0, 0.05) is 18.7 Å². The summed E-state index contributed by atoms with van der Waals surface area (Å²) < 4.78 is 5.68. The maximum absolute atomic E-state index is 12.6. The van der Waals surface area contributed by atoms with Crippen LogP contribution in [-0.4, -0.2) is 66.8 Å². The number of nitrogens with one attached hydrogen (secondary N) is 1. The molecule has 0 atom stereocenters. The predicted octanol–water partition coefficient (Wildman–Crippen LogP) is 1.57. The molecule has 0 bridgehead atoms. The molecule has 0 radical (unpaired) electrons. The highest BCUT2D eigenvalue weighted by Crippen LogP contribution is 2.33. The molecule has 0 aliphatic carbocycles. The van der Waals surface area contributed by atoms with Gasteiger partial charge in [-0.15, -0.1) is 0 Å². The maximum atomic E-state index is 12.6. The van der Waals surface area contributed by atoms with Crippen molar-refractivity contribution < 1.29 is 14.3 Å². The Labute approximate surface area is 157 Å². The van der Waals surface area contributed by atoms with Crippen LogP contribution in [0.3, 0.4) is 0 Å². The van der Waals surface area contributed by atoms with Gasteiger partial charge in [-0.05, 0) is 26.2 Å². The zero-order valence-electron chi connectivity index (χ0n) is 14.4. The van der Waals surface area contributed by atoms with Gasteiger partial charge in [0.1, 0.15) is 16.6 Å². The molecule has 1 aromatic carbocycles. The molecule has 0 aromatic heterocycles. The van der Waals surface area contributed by atoms with Crippen LogP contribution < -0.4 is 10.1 Å². The molecule has 134 valence electrons. The van der Waals surface area contributed by atoms with E-state index in [2.05, 4.69) is 5.32 Å². The van der Waals surface area contributed by atoms with Gasteiger partial charge in [0.05, 0.1) is 12.0 Å². The number of ether oxygens (including phenoxy) is 1. The Bertz CT molecular complexity index is 704. The van der Waals surface area contributed by atoms with Crippen LogP contribution in [0.5, 0.6) is 5.75 Å². The second-order valence-corrected chi connectivity index (χ2v) is 7.34. The third-order valence-corrected chi connectivity index (χ3v) is 4.86. The molecule has 0 unspecified atom stereocenters. The van der Waals surface area contributed by atoms with Crippen molar-refractivity contribution in [3.63, 3.8) is 0 Å². The minimum absolute atomic E-state index is 0.0681. The number of benzene rings is 1. The van der Waals surface area contributed by atoms with E-state index in [1.807, 2.05) is 43.3 Å². The quantitative estimate of drug-likeness (QED) is 0.573. The van der Waals surface area contributed by atoms with E-state index in [0.29, 0.717) is 21.5 Å². The number of para-hydroxylation sites is 1. The predicted molar refractivity (Wildman–Crippen MR) is 104 cm³/mol. The first-order valence-electron chi connectivity index (χ1n) is 7.72. The number of hydrogen-bond acceptors (Lipinski definition) is 6. The summed E-state index contributed by atoms with van der Waals surface area (Å²) in [6.45, 7) is 1.19. The van der Waals surface area contributed by atoms with Crippen molar-refractivity contribution in [1.82, 2.24) is 15.1 Å². The fourth-order valence-corrected chi connectivity index (χ4v) is 3.43. The largest absolute Gasteiger partial charge is 0.496 e. The summed E-state index contributed by atoms with van der Waals surface area (Å²) in [4.78, 5) is 28.3. The fourth-order valence-electron chi connectivity index (χ4n) is 2.18. The first-order chi connectivity index (χ1) is 11.9. The number of hydrogen-bond donors (Lipinski definition) is 1. The highest BCUT2D eigenvalue weighted by molar-refractivity contribution is 8.26. The van der Waals surface area contributed by atoms with E-state index in [-0.39, 0.29) is 18.4 Å². The minimum Gasteiger partial charge on any atom is -0.496 e. The SMILES string of the molecule is COc1ccccc1C=C1SC(=S)N(CC(=O)NCCN(C)C)C1=O. The minimum atomic E-state index is -0.260. The molecule has 2 rings (SSSR count). The van der Waals surface area contributed by atoms with Crippen LogP contribution in [0.25, 0.3) is 6.08 Å². The van der Waals surface area contributed by atoms with E-state index >= 15 is 0 Å². The topological polar surface area (TPSA) is 61.9 Å². The smallest absolute Gasteiger partial charge is 0.266 e. The summed E-state index contributed by atoms with van der Waals surface area (Å²) in [7, 11) is 5.43. The summed E-state index contributed by atoms with van der Waals surface area (Å²) in [5, 5.41) is 2.78. The second-order valence-electron chi connectivity index (χ2n) is 5.66. The highest BCUT2D eigenvalue weighted by Gasteiger charge is 2.33. The Kier molecular flexibility index (Phi) is 6.98. The molecule has 0 spiro atoms. The Morgan fingerprint density at radius 3 is 2.80 bits per heavy atom. The third-order valence-electron chi connectivity index (χ3n) is 3.48. The summed E-state index contributed by atoms with van der Waals surface area (Å²) >= 11 is 6.44. The van der Waals surface area contributed by atoms with Gasteiger partial charge in [0.2, 0.25) is 5.91 Å². The van der Waals surface area contributed by atoms with Crippen molar-refractivity contribution in [2.75, 3.05) is 40.8 Å². The molecule has 1 aliphatic heterocycles. The standard InChI is InChI=1S/C17H21N3O3S2/c1-19(2)9-8-18-15(21)11-20-16(22)14(25-17(20)24)10-12-6-4-5-7-13(12)23-3/h4-7,10H,8-9,11H2,1-3H3,(H,18,21). The number of nitrogens with zero attached hydrogens (tertiary/aromatic N) is 2. The zero-order valence-corrected chi connectivity index (χ0v) is 16.1. The van der Waals surface area contributed by atoms with Crippen LogP contribution >= 0.6 is 24.0 Å². The number of thiocarbonyl (C=S) groups is 1. The molecule has 1 aromatic rings. The monoisotopic (exact) mass is 379 g/mol. The average Bonchev–Trinajstić information content (AvgIpc) is 2.82. The van der Waals surface area contributed by atoms with Crippen molar-refractivity contribution >= 4 is 46.2 Å². The van der Waals surface area contributed by atoms with Crippen molar-refractivity contribution in [3.8, 4) is 5.75 Å². The number of amides is 2. The molecule has 25 heavy (non-hydrogen) atoms. The molecule has 1 saturated heterocycles. The molecular formula is C17H21N3O3S2. The van der Waals surface area contributed by atoms with Crippen LogP contribution in [0.15, 0.2) is 29.2 Å². The summed E-state index contributed by atoms with van der Waals surface area (Å²) in [5.74, 6) is 0.189. The summed E-state index contributed by atoms with van der Waals surface area (Å²) in [6, 6.07) is 7.41. The maximum Gasteiger partial charge on any atom is 0.266 e. The lowest BCUT2D eigenvalue weighted by Gasteiger charge is -2.15. The molecule has 1 N–H and O–H groups in total. The zero-order chi connectivity index (χ0) is 18.4. The Hall–Kier alpha value is -1.90. The molecule has 8 heteroatoms. The molecule has 6 nitrogen and oxygen atoms in total. The van der Waals surface area contributed by atoms with E-state index in [9.17, 15) is 9.59 Å². The molecule has 2 amide bonds. The van der Waals surface area contributed by atoms with E-state index in [4.69, 9.17) is 17.0 Å². The van der Waals surface area contributed by atoms with Gasteiger partial charge in [-0.3, -0.25) is 14.5 Å². The normalized spacial score (nSPS) is 16.0. The number of rotatable bonds is 7. The van der Waals surface area contributed by atoms with Crippen molar-refractivity contribution in [3.05, 3.63) is 34.7 Å². The van der Waals surface area contributed by atoms with Gasteiger partial charge in [-0.2, -0.15) is 0 Å². The van der Waals surface area contributed by atoms with Gasteiger partial charge >= 0.3 is 0 Å². The van der Waals surface area contributed by atoms with E-state index in [0.717, 1.165) is 12.1 Å². The number of methoxy groups -OCH3 is 1. The lowest BCUT2D eigenvalue weighted by atomic mass is 10.2. The number of carbonyl (C=O) groups excluding carboxylic acids is 2. The first kappa shape index (κ1) is 19.4. The van der Waals surface area contributed by atoms with Gasteiger partial charge in [-0.1, -0.05) is 42.2 Å². The van der Waals surface area contributed by atoms with Crippen LogP contribution in [0, 0.1) is 0 Å². The van der Waals surface area contributed by atoms with Crippen LogP contribution in [-0.2, 0) is 9.59 Å². The van der Waals surface area contributed by atoms with Gasteiger partial charge in [0.25, 0.3) is 5.91 Å². The third kappa shape index (κ3) is 5.29. The Morgan fingerprint density at radius 1 is 1.40 bits per heavy atom. The van der Waals surface area contributed by atoms with E-state index in [1.165, 1.54) is 16.7 Å². The Balaban J connectivity index is 2.04. The summed E-state index contributed by atoms with van der Waals surface area (Å²) in [6.07, 6.45) is 1.74. The van der Waals surface area contributed by atoms with Crippen LogP contribution in [0.1, 0.15) is 5.56 Å². The van der Waals surface area contributed by atoms with Crippen molar-refractivity contribution in [2.24, 2.45) is 0 Å². The first-order valence-corrected chi connectivity index (χ1v) is 8.94. The fraction of sp³-hybridized carbons (Fsp3) is 0.353. The van der Waals surface area contributed by atoms with E-state index < -0.39 is 0 Å². The van der Waals surface area contributed by atoms with Gasteiger partial charge in [-0.25, -0.2) is 0 Å². The molecule has 1 aliphatic rings. The molecular weight excluding hydrogens is 358 g/mol. The molecule has 1 fully saturated rings. The number of thioether (sulfide) groups is 1. The number of likely N-dealkylation sites (N-methyl/N-ethyl adjacent to an activating group) is 1. The highest BCUT2D eigenvalue weighted by atomic mass is 32.2. The van der Waals surface area contributed by atoms with Crippen molar-refractivity contribution in [2.45, 2.75) is 0 Å². The Morgan fingerprint density at radius 2 is 2.12 bits per heavy atom. The lowest BCUT2D eigenvalue weighted by Crippen LogP contribution is -2.41. The average molecular weight is 380 g/mol. The van der Waals surface area contributed by atoms with Crippen LogP contribution in [0.2, 0.25) is 0 Å². The number of carbonyl (C=O) groups is 2. The summed E-state index contributed by atoms with van der Waals surface area (Å²) in [5.41, 5.74) is 0.793. The van der Waals surface area contributed by atoms with E-state index in [1.54, 1.807) is 13.2 Å². The van der Waals surface area contributed by atoms with Gasteiger partial charge in [0.15, 0.2) is 0 Å².